The van der Waals surface area contributed by atoms with Gasteiger partial charge in [0, 0.05) is 51.8 Å². The molecule has 1 fully saturated rings. The van der Waals surface area contributed by atoms with Crippen LogP contribution in [-0.4, -0.2) is 6.54 Å². The summed E-state index contributed by atoms with van der Waals surface area (Å²) in [5.41, 5.74) is 19.2. The highest BCUT2D eigenvalue weighted by Gasteiger charge is 2.43. The van der Waals surface area contributed by atoms with E-state index in [1.165, 1.54) is 66.4 Å². The Kier molecular flexibility index (Phi) is 8.95. The molecule has 0 saturated carbocycles. The smallest absolute Gasteiger partial charge is 0.0543 e. The summed E-state index contributed by atoms with van der Waals surface area (Å²) in [7, 11) is 0. The zero-order chi connectivity index (χ0) is 41.1. The average molecular weight is 786 g/mol. The van der Waals surface area contributed by atoms with Gasteiger partial charge in [0.1, 0.15) is 0 Å². The fourth-order valence-electron chi connectivity index (χ4n) is 9.90. The van der Waals surface area contributed by atoms with Gasteiger partial charge in [0.2, 0.25) is 0 Å². The number of hydrogen-bond donors (Lipinski definition) is 1. The Labute approximate surface area is 359 Å². The Hall–Kier alpha value is -7.20. The van der Waals surface area contributed by atoms with Crippen molar-refractivity contribution < 1.29 is 0 Å². The van der Waals surface area contributed by atoms with Crippen LogP contribution < -0.4 is 15.1 Å². The SMILES string of the molecule is Cc1ccccc1-c1ccc(N(c2ccccc2)c2cc3c(c4ccccc24)-c2ccc(N(c4ccccc4)c4ccc(C5CN5)cc4)cc2C3(C)c2ccccc2)cc1C. The van der Waals surface area contributed by atoms with E-state index in [0.29, 0.717) is 6.04 Å². The molecule has 1 aliphatic carbocycles. The lowest BCUT2D eigenvalue weighted by atomic mass is 9.73. The number of fused-ring (bicyclic) bond motifs is 5. The maximum atomic E-state index is 3.46. The minimum absolute atomic E-state index is 0.461. The van der Waals surface area contributed by atoms with Gasteiger partial charge in [0.15, 0.2) is 0 Å². The first-order valence-electron chi connectivity index (χ1n) is 21.4. The highest BCUT2D eigenvalue weighted by Crippen LogP contribution is 2.58. The molecule has 0 aromatic heterocycles. The van der Waals surface area contributed by atoms with Crippen molar-refractivity contribution in [3.63, 3.8) is 0 Å². The van der Waals surface area contributed by atoms with Gasteiger partial charge in [0.05, 0.1) is 5.69 Å². The molecule has 2 atom stereocenters. The van der Waals surface area contributed by atoms with Crippen molar-refractivity contribution in [1.82, 2.24) is 5.32 Å². The third-order valence-corrected chi connectivity index (χ3v) is 13.1. The molecule has 2 aliphatic rings. The van der Waals surface area contributed by atoms with Crippen LogP contribution in [0.5, 0.6) is 0 Å². The van der Waals surface area contributed by atoms with Gasteiger partial charge in [-0.15, -0.1) is 0 Å². The summed E-state index contributed by atoms with van der Waals surface area (Å²) in [6, 6.07) is 76.6. The van der Waals surface area contributed by atoms with Crippen LogP contribution in [0.4, 0.5) is 34.1 Å². The lowest BCUT2D eigenvalue weighted by molar-refractivity contribution is 0.714. The first-order valence-corrected chi connectivity index (χ1v) is 21.4. The van der Waals surface area contributed by atoms with Gasteiger partial charge in [0.25, 0.3) is 0 Å². The number of para-hydroxylation sites is 2. The first-order chi connectivity index (χ1) is 30.0. The summed E-state index contributed by atoms with van der Waals surface area (Å²) in [4.78, 5) is 4.87. The fourth-order valence-corrected chi connectivity index (χ4v) is 9.90. The normalized spacial score (nSPS) is 16.2. The van der Waals surface area contributed by atoms with Crippen LogP contribution in [0.25, 0.3) is 33.0 Å². The van der Waals surface area contributed by atoms with E-state index in [4.69, 9.17) is 0 Å². The monoisotopic (exact) mass is 785 g/mol. The van der Waals surface area contributed by atoms with Gasteiger partial charge in [-0.1, -0.05) is 140 Å². The van der Waals surface area contributed by atoms with E-state index in [9.17, 15) is 0 Å². The summed E-state index contributed by atoms with van der Waals surface area (Å²) >= 11 is 0. The quantitative estimate of drug-likeness (QED) is 0.148. The van der Waals surface area contributed by atoms with Crippen LogP contribution in [0.3, 0.4) is 0 Å². The van der Waals surface area contributed by atoms with Crippen LogP contribution in [0.2, 0.25) is 0 Å². The zero-order valence-corrected chi connectivity index (χ0v) is 34.8. The van der Waals surface area contributed by atoms with E-state index in [2.05, 4.69) is 242 Å². The molecule has 3 heteroatoms. The predicted molar refractivity (Wildman–Crippen MR) is 256 cm³/mol. The topological polar surface area (TPSA) is 28.4 Å². The van der Waals surface area contributed by atoms with E-state index in [0.717, 1.165) is 40.7 Å². The van der Waals surface area contributed by atoms with Crippen LogP contribution in [-0.2, 0) is 5.41 Å². The summed E-state index contributed by atoms with van der Waals surface area (Å²) in [6.07, 6.45) is 0. The standard InChI is InChI=1S/C58H47N3/c1-39-17-13-14-24-48(39)49-33-31-46(35-40(49)2)61(44-22-11-6-12-23-44)56-37-54-57(51-26-16-15-25-50(51)56)52-34-32-47(36-53(52)58(54,3)42-18-7-4-8-19-42)60(43-20-9-5-10-21-43)45-29-27-41(28-30-45)55-38-59-55/h4-37,55,59H,38H2,1-3H3. The molecule has 1 heterocycles. The molecule has 0 spiro atoms. The summed E-state index contributed by atoms with van der Waals surface area (Å²) in [6.45, 7) is 7.93. The van der Waals surface area contributed by atoms with Gasteiger partial charge in [-0.3, -0.25) is 0 Å². The average Bonchev–Trinajstić information content (AvgIpc) is 4.13. The zero-order valence-electron chi connectivity index (χ0n) is 34.8. The van der Waals surface area contributed by atoms with Gasteiger partial charge in [-0.2, -0.15) is 0 Å². The van der Waals surface area contributed by atoms with Crippen LogP contribution in [0.15, 0.2) is 206 Å². The molecular weight excluding hydrogens is 739 g/mol. The molecule has 0 radical (unpaired) electrons. The Morgan fingerprint density at radius 3 is 1.62 bits per heavy atom. The number of rotatable bonds is 9. The molecule has 9 aromatic carbocycles. The van der Waals surface area contributed by atoms with Crippen LogP contribution in [0, 0.1) is 13.8 Å². The minimum Gasteiger partial charge on any atom is -0.310 e. The molecule has 1 aliphatic heterocycles. The Morgan fingerprint density at radius 1 is 0.443 bits per heavy atom. The molecule has 1 saturated heterocycles. The van der Waals surface area contributed by atoms with Crippen molar-refractivity contribution in [3.8, 4) is 22.3 Å². The minimum atomic E-state index is -0.461. The molecule has 3 nitrogen and oxygen atoms in total. The second-order valence-electron chi connectivity index (χ2n) is 16.8. The van der Waals surface area contributed by atoms with E-state index >= 15 is 0 Å². The van der Waals surface area contributed by atoms with Crippen molar-refractivity contribution in [3.05, 3.63) is 240 Å². The third-order valence-electron chi connectivity index (χ3n) is 13.1. The molecular formula is C58H47N3. The number of anilines is 6. The lowest BCUT2D eigenvalue weighted by Crippen LogP contribution is -2.23. The van der Waals surface area contributed by atoms with Gasteiger partial charge < -0.3 is 15.1 Å². The van der Waals surface area contributed by atoms with E-state index in [-0.39, 0.29) is 0 Å². The molecule has 11 rings (SSSR count). The second kappa shape index (κ2) is 14.8. The maximum absolute atomic E-state index is 3.46. The van der Waals surface area contributed by atoms with E-state index < -0.39 is 5.41 Å². The second-order valence-corrected chi connectivity index (χ2v) is 16.8. The number of nitrogens with zero attached hydrogens (tertiary/aromatic N) is 2. The molecule has 9 aromatic rings. The number of nitrogens with one attached hydrogen (secondary N) is 1. The molecule has 294 valence electrons. The van der Waals surface area contributed by atoms with Gasteiger partial charge >= 0.3 is 0 Å². The van der Waals surface area contributed by atoms with Gasteiger partial charge in [-0.25, -0.2) is 0 Å². The van der Waals surface area contributed by atoms with Crippen molar-refractivity contribution in [1.29, 1.82) is 0 Å². The van der Waals surface area contributed by atoms with Crippen molar-refractivity contribution in [2.75, 3.05) is 16.3 Å². The largest absolute Gasteiger partial charge is 0.310 e. The number of hydrogen-bond acceptors (Lipinski definition) is 3. The predicted octanol–water partition coefficient (Wildman–Crippen LogP) is 15.0. The molecule has 61 heavy (non-hydrogen) atoms. The Morgan fingerprint density at radius 2 is 0.967 bits per heavy atom. The molecule has 2 unspecified atom stereocenters. The maximum Gasteiger partial charge on any atom is 0.0543 e. The van der Waals surface area contributed by atoms with Crippen molar-refractivity contribution in [2.24, 2.45) is 0 Å². The van der Waals surface area contributed by atoms with E-state index in [1.807, 2.05) is 0 Å². The Bertz CT molecular complexity index is 3060. The molecule has 0 bridgehead atoms. The number of aryl methyl sites for hydroxylation is 2. The molecule has 1 N–H and O–H groups in total. The highest BCUT2D eigenvalue weighted by molar-refractivity contribution is 6.10. The first kappa shape index (κ1) is 36.8. The van der Waals surface area contributed by atoms with Crippen LogP contribution >= 0.6 is 0 Å². The Balaban J connectivity index is 1.13. The van der Waals surface area contributed by atoms with Crippen molar-refractivity contribution >= 4 is 44.9 Å². The summed E-state index contributed by atoms with van der Waals surface area (Å²) in [5.74, 6) is 0. The fraction of sp³-hybridized carbons (Fsp3) is 0.103. The third kappa shape index (κ3) is 6.24. The van der Waals surface area contributed by atoms with Gasteiger partial charge in [-0.05, 0) is 149 Å². The highest BCUT2D eigenvalue weighted by atomic mass is 15.2. The number of benzene rings is 9. The van der Waals surface area contributed by atoms with E-state index in [1.54, 1.807) is 0 Å². The summed E-state index contributed by atoms with van der Waals surface area (Å²) in [5, 5.41) is 5.93. The van der Waals surface area contributed by atoms with Crippen molar-refractivity contribution in [2.45, 2.75) is 32.2 Å². The summed E-state index contributed by atoms with van der Waals surface area (Å²) < 4.78 is 0. The van der Waals surface area contributed by atoms with Crippen LogP contribution in [0.1, 0.15) is 46.3 Å². The lowest BCUT2D eigenvalue weighted by Gasteiger charge is -2.33. The molecule has 0 amide bonds.